The molecule has 0 saturated carbocycles. The number of hydrogen-bond acceptors (Lipinski definition) is 4. The van der Waals surface area contributed by atoms with Crippen LogP contribution >= 0.6 is 0 Å². The van der Waals surface area contributed by atoms with E-state index in [0.717, 1.165) is 32.5 Å². The maximum Gasteiger partial charge on any atom is 0.340 e. The maximum absolute atomic E-state index is 12.9. The molecule has 1 heterocycles. The summed E-state index contributed by atoms with van der Waals surface area (Å²) in [5, 5.41) is 7.34. The predicted octanol–water partition coefficient (Wildman–Crippen LogP) is 4.68. The lowest BCUT2D eigenvalue weighted by Crippen LogP contribution is -2.34. The van der Waals surface area contributed by atoms with Crippen LogP contribution in [0.5, 0.6) is 0 Å². The Bertz CT molecular complexity index is 1260. The first-order valence-corrected chi connectivity index (χ1v) is 9.82. The number of rotatable bonds is 4. The number of amides is 2. The molecular weight excluding hydrogens is 366 g/mol. The second-order valence-electron chi connectivity index (χ2n) is 7.46. The molecule has 2 amide bonds. The smallest absolute Gasteiger partial charge is 0.330 e. The molecule has 5 rings (SSSR count). The van der Waals surface area contributed by atoms with Crippen LogP contribution in [-0.2, 0) is 19.2 Å². The fourth-order valence-electron chi connectivity index (χ4n) is 4.39. The average molecular weight is 385 g/mol. The molecule has 0 aromatic heterocycles. The molecule has 1 atom stereocenters. The Labute approximate surface area is 167 Å². The number of imide groups is 1. The lowest BCUT2D eigenvalue weighted by atomic mass is 9.87. The average Bonchev–Trinajstić information content (AvgIpc) is 3.05. The number of carbonyl (C=O) groups is 3. The Morgan fingerprint density at radius 1 is 0.897 bits per heavy atom. The van der Waals surface area contributed by atoms with E-state index in [2.05, 4.69) is 30.3 Å². The highest BCUT2D eigenvalue weighted by Gasteiger charge is 2.35. The van der Waals surface area contributed by atoms with E-state index in [1.807, 2.05) is 31.2 Å². The van der Waals surface area contributed by atoms with Gasteiger partial charge in [0, 0.05) is 12.8 Å². The quantitative estimate of drug-likeness (QED) is 0.378. The lowest BCUT2D eigenvalue weighted by Gasteiger charge is -2.21. The van der Waals surface area contributed by atoms with E-state index in [0.29, 0.717) is 11.5 Å². The third-order valence-corrected chi connectivity index (χ3v) is 5.82. The van der Waals surface area contributed by atoms with Crippen molar-refractivity contribution in [1.82, 2.24) is 5.06 Å². The minimum atomic E-state index is -0.578. The van der Waals surface area contributed by atoms with Crippen LogP contribution < -0.4 is 0 Å². The van der Waals surface area contributed by atoms with Crippen molar-refractivity contribution in [1.29, 1.82) is 0 Å². The highest BCUT2D eigenvalue weighted by Crippen LogP contribution is 2.39. The molecule has 0 N–H and O–H groups in total. The molecule has 0 aliphatic carbocycles. The van der Waals surface area contributed by atoms with Gasteiger partial charge in [0.25, 0.3) is 11.8 Å². The summed E-state index contributed by atoms with van der Waals surface area (Å²) in [6, 6.07) is 18.5. The van der Waals surface area contributed by atoms with Crippen molar-refractivity contribution in [2.75, 3.05) is 0 Å². The third-order valence-electron chi connectivity index (χ3n) is 5.82. The molecule has 144 valence electrons. The van der Waals surface area contributed by atoms with Crippen molar-refractivity contribution in [3.8, 4) is 0 Å². The molecule has 4 aromatic rings. The van der Waals surface area contributed by atoms with E-state index in [-0.39, 0.29) is 12.8 Å². The molecule has 0 bridgehead atoms. The van der Waals surface area contributed by atoms with Crippen molar-refractivity contribution in [2.45, 2.75) is 32.1 Å². The summed E-state index contributed by atoms with van der Waals surface area (Å²) in [5.74, 6) is -2.07. The first kappa shape index (κ1) is 17.6. The molecule has 1 aliphatic heterocycles. The van der Waals surface area contributed by atoms with Gasteiger partial charge in [0.2, 0.25) is 0 Å². The summed E-state index contributed by atoms with van der Waals surface area (Å²) >= 11 is 0. The molecule has 1 fully saturated rings. The van der Waals surface area contributed by atoms with Crippen LogP contribution in [-0.4, -0.2) is 22.8 Å². The van der Waals surface area contributed by atoms with E-state index in [1.165, 1.54) is 5.39 Å². The number of carbonyl (C=O) groups excluding carboxylic acids is 3. The standard InChI is InChI=1S/C24H19NO4/c1-2-17(24(28)29-25-20(26)12-13-21(25)27)18-10-8-16-7-6-14-4-3-5-15-9-11-19(18)23(16)22(14)15/h3-11,17H,2,12-13H2,1H3. The summed E-state index contributed by atoms with van der Waals surface area (Å²) in [4.78, 5) is 41.8. The first-order chi connectivity index (χ1) is 14.1. The van der Waals surface area contributed by atoms with E-state index in [4.69, 9.17) is 4.84 Å². The molecule has 4 aromatic carbocycles. The lowest BCUT2D eigenvalue weighted by molar-refractivity contribution is -0.198. The van der Waals surface area contributed by atoms with Crippen molar-refractivity contribution in [2.24, 2.45) is 0 Å². The number of hydroxylamine groups is 2. The van der Waals surface area contributed by atoms with Crippen molar-refractivity contribution in [3.05, 3.63) is 60.2 Å². The predicted molar refractivity (Wildman–Crippen MR) is 110 cm³/mol. The molecule has 0 spiro atoms. The van der Waals surface area contributed by atoms with Crippen LogP contribution in [0.4, 0.5) is 0 Å². The highest BCUT2D eigenvalue weighted by atomic mass is 16.7. The Kier molecular flexibility index (Phi) is 3.98. The van der Waals surface area contributed by atoms with Crippen LogP contribution in [0.1, 0.15) is 37.7 Å². The van der Waals surface area contributed by atoms with Gasteiger partial charge in [-0.05, 0) is 44.3 Å². The van der Waals surface area contributed by atoms with Crippen LogP contribution in [0, 0.1) is 0 Å². The first-order valence-electron chi connectivity index (χ1n) is 9.82. The molecule has 5 heteroatoms. The van der Waals surface area contributed by atoms with Gasteiger partial charge in [0.1, 0.15) is 0 Å². The molecule has 1 aliphatic rings. The third kappa shape index (κ3) is 2.65. The zero-order chi connectivity index (χ0) is 20.1. The molecule has 1 saturated heterocycles. The second-order valence-corrected chi connectivity index (χ2v) is 7.46. The van der Waals surface area contributed by atoms with Gasteiger partial charge in [-0.25, -0.2) is 4.79 Å². The fourth-order valence-corrected chi connectivity index (χ4v) is 4.39. The SMILES string of the molecule is CCC(C(=O)ON1C(=O)CCC1=O)c1ccc2ccc3cccc4ccc1c2c34. The zero-order valence-corrected chi connectivity index (χ0v) is 16.0. The minimum absolute atomic E-state index is 0.0850. The van der Waals surface area contributed by atoms with Gasteiger partial charge in [-0.2, -0.15) is 0 Å². The molecule has 1 unspecified atom stereocenters. The summed E-state index contributed by atoms with van der Waals surface area (Å²) in [5.41, 5.74) is 0.849. The second kappa shape index (κ2) is 6.55. The Balaban J connectivity index is 1.63. The van der Waals surface area contributed by atoms with E-state index in [9.17, 15) is 14.4 Å². The number of hydrogen-bond donors (Lipinski definition) is 0. The zero-order valence-electron chi connectivity index (χ0n) is 16.0. The molecule has 0 radical (unpaired) electrons. The van der Waals surface area contributed by atoms with Gasteiger partial charge in [-0.1, -0.05) is 61.5 Å². The van der Waals surface area contributed by atoms with Crippen LogP contribution in [0.3, 0.4) is 0 Å². The molecule has 5 nitrogen and oxygen atoms in total. The monoisotopic (exact) mass is 385 g/mol. The number of benzene rings is 4. The van der Waals surface area contributed by atoms with Gasteiger partial charge in [0.15, 0.2) is 0 Å². The van der Waals surface area contributed by atoms with Crippen LogP contribution in [0.25, 0.3) is 32.3 Å². The summed E-state index contributed by atoms with van der Waals surface area (Å²) in [6.07, 6.45) is 0.669. The van der Waals surface area contributed by atoms with Crippen molar-refractivity contribution >= 4 is 50.1 Å². The summed E-state index contributed by atoms with van der Waals surface area (Å²) in [7, 11) is 0. The molecule has 29 heavy (non-hydrogen) atoms. The van der Waals surface area contributed by atoms with Gasteiger partial charge in [-0.3, -0.25) is 9.59 Å². The largest absolute Gasteiger partial charge is 0.340 e. The number of nitrogens with zero attached hydrogens (tertiary/aromatic N) is 1. The van der Waals surface area contributed by atoms with Gasteiger partial charge >= 0.3 is 5.97 Å². The Hall–Kier alpha value is -3.47. The van der Waals surface area contributed by atoms with Crippen molar-refractivity contribution in [3.63, 3.8) is 0 Å². The van der Waals surface area contributed by atoms with Crippen LogP contribution in [0.2, 0.25) is 0 Å². The van der Waals surface area contributed by atoms with Crippen LogP contribution in [0.15, 0.2) is 54.6 Å². The Morgan fingerprint density at radius 2 is 1.48 bits per heavy atom. The molecular formula is C24H19NO4. The normalized spacial score (nSPS) is 15.7. The highest BCUT2D eigenvalue weighted by molar-refractivity contribution is 6.23. The topological polar surface area (TPSA) is 63.7 Å². The minimum Gasteiger partial charge on any atom is -0.330 e. The fraction of sp³-hybridized carbons (Fsp3) is 0.208. The van der Waals surface area contributed by atoms with E-state index in [1.54, 1.807) is 0 Å². The van der Waals surface area contributed by atoms with Gasteiger partial charge in [-0.15, -0.1) is 5.06 Å². The van der Waals surface area contributed by atoms with Crippen molar-refractivity contribution < 1.29 is 19.2 Å². The van der Waals surface area contributed by atoms with Gasteiger partial charge < -0.3 is 4.84 Å². The summed E-state index contributed by atoms with van der Waals surface area (Å²) < 4.78 is 0. The summed E-state index contributed by atoms with van der Waals surface area (Å²) in [6.45, 7) is 1.90. The van der Waals surface area contributed by atoms with E-state index >= 15 is 0 Å². The maximum atomic E-state index is 12.9. The Morgan fingerprint density at radius 3 is 2.14 bits per heavy atom. The van der Waals surface area contributed by atoms with E-state index < -0.39 is 23.7 Å². The van der Waals surface area contributed by atoms with Gasteiger partial charge in [0.05, 0.1) is 5.92 Å².